The van der Waals surface area contributed by atoms with Gasteiger partial charge >= 0.3 is 0 Å². The number of carbonyl (C=O) groups is 1. The molecule has 7 nitrogen and oxygen atoms in total. The van der Waals surface area contributed by atoms with Crippen molar-refractivity contribution >= 4 is 50.6 Å². The van der Waals surface area contributed by atoms with Gasteiger partial charge in [-0.05, 0) is 48.5 Å². The fourth-order valence-corrected chi connectivity index (χ4v) is 4.21. The number of fused-ring (bicyclic) bond motifs is 1. The lowest BCUT2D eigenvalue weighted by Gasteiger charge is -2.13. The molecule has 0 radical (unpaired) electrons. The first-order valence-corrected chi connectivity index (χ1v) is 12.1. The molecule has 0 aliphatic heterocycles. The maximum Gasteiger partial charge on any atom is 0.277 e. The van der Waals surface area contributed by atoms with E-state index in [1.807, 2.05) is 83.5 Å². The molecule has 2 aromatic heterocycles. The molecule has 0 fully saturated rings. The predicted molar refractivity (Wildman–Crippen MR) is 145 cm³/mol. The van der Waals surface area contributed by atoms with Crippen molar-refractivity contribution in [2.75, 3.05) is 6.61 Å². The second kappa shape index (κ2) is 10.7. The highest BCUT2D eigenvalue weighted by Gasteiger charge is 2.14. The van der Waals surface area contributed by atoms with Crippen LogP contribution in [0.15, 0.2) is 101 Å². The molecular formula is C27H19BrClN5O2. The van der Waals surface area contributed by atoms with E-state index in [4.69, 9.17) is 16.3 Å². The third-order valence-corrected chi connectivity index (χ3v) is 6.11. The molecule has 3 aromatic carbocycles. The summed E-state index contributed by atoms with van der Waals surface area (Å²) in [5, 5.41) is 9.70. The first-order valence-electron chi connectivity index (χ1n) is 11.0. The van der Waals surface area contributed by atoms with E-state index in [2.05, 4.69) is 36.5 Å². The van der Waals surface area contributed by atoms with Crippen molar-refractivity contribution in [3.05, 3.63) is 106 Å². The van der Waals surface area contributed by atoms with Crippen molar-refractivity contribution in [2.45, 2.75) is 0 Å². The first kappa shape index (κ1) is 23.7. The largest absolute Gasteiger partial charge is 0.483 e. The summed E-state index contributed by atoms with van der Waals surface area (Å²) in [6.45, 7) is -0.227. The molecule has 9 heteroatoms. The van der Waals surface area contributed by atoms with Crippen molar-refractivity contribution in [3.63, 3.8) is 0 Å². The third-order valence-electron chi connectivity index (χ3n) is 5.32. The van der Waals surface area contributed by atoms with Crippen molar-refractivity contribution in [1.82, 2.24) is 20.2 Å². The topological polar surface area (TPSA) is 81.4 Å². The Labute approximate surface area is 220 Å². The Balaban J connectivity index is 1.29. The minimum absolute atomic E-state index is 0.227. The van der Waals surface area contributed by atoms with Crippen molar-refractivity contribution < 1.29 is 9.53 Å². The van der Waals surface area contributed by atoms with Gasteiger partial charge in [-0.25, -0.2) is 15.1 Å². The van der Waals surface area contributed by atoms with Crippen LogP contribution < -0.4 is 10.2 Å². The molecule has 0 atom stereocenters. The van der Waals surface area contributed by atoms with Crippen LogP contribution in [0.1, 0.15) is 5.56 Å². The molecule has 1 N–H and O–H groups in total. The molecule has 5 rings (SSSR count). The number of hydrogen-bond acceptors (Lipinski definition) is 5. The number of hydrazone groups is 1. The number of hydrogen-bond donors (Lipinski definition) is 1. The Kier molecular flexibility index (Phi) is 7.06. The van der Waals surface area contributed by atoms with Crippen LogP contribution in [0.2, 0.25) is 5.15 Å². The molecule has 2 heterocycles. The summed E-state index contributed by atoms with van der Waals surface area (Å²) in [5.74, 6) is 0.123. The van der Waals surface area contributed by atoms with Crippen LogP contribution >= 0.6 is 27.5 Å². The Hall–Kier alpha value is -4.01. The average molecular weight is 561 g/mol. The smallest absolute Gasteiger partial charge is 0.277 e. The van der Waals surface area contributed by atoms with E-state index in [9.17, 15) is 4.79 Å². The number of aromatic nitrogens is 3. The molecule has 0 bridgehead atoms. The number of carbonyl (C=O) groups excluding carboxylic acids is 1. The number of rotatable bonds is 7. The SMILES string of the molecule is O=C(COc1ccc(Br)cc1-c1ccnn1-c1ccccc1)N/N=C/c1cc2ccccc2nc1Cl. The van der Waals surface area contributed by atoms with Gasteiger partial charge in [-0.2, -0.15) is 10.2 Å². The van der Waals surface area contributed by atoms with Crippen LogP contribution in [-0.2, 0) is 4.79 Å². The van der Waals surface area contributed by atoms with Gasteiger partial charge in [0.2, 0.25) is 0 Å². The number of halogens is 2. The lowest BCUT2D eigenvalue weighted by Crippen LogP contribution is -2.24. The van der Waals surface area contributed by atoms with Crippen molar-refractivity contribution in [1.29, 1.82) is 0 Å². The van der Waals surface area contributed by atoms with Gasteiger partial charge in [0.25, 0.3) is 5.91 Å². The highest BCUT2D eigenvalue weighted by Crippen LogP contribution is 2.34. The standard InChI is InChI=1S/C27H19BrClN5O2/c28-20-10-11-25(22(15-20)24-12-13-31-34(24)21-7-2-1-3-8-21)36-17-26(35)33-30-16-19-14-18-6-4-5-9-23(18)32-27(19)29/h1-16H,17H2,(H,33,35)/b30-16+. The second-order valence-corrected chi connectivity index (χ2v) is 9.02. The lowest BCUT2D eigenvalue weighted by molar-refractivity contribution is -0.123. The molecule has 36 heavy (non-hydrogen) atoms. The number of pyridine rings is 1. The van der Waals surface area contributed by atoms with Gasteiger partial charge in [0.05, 0.1) is 29.3 Å². The Bertz CT molecular complexity index is 1570. The number of nitrogens with zero attached hydrogens (tertiary/aromatic N) is 4. The minimum atomic E-state index is -0.415. The number of ether oxygens (including phenoxy) is 1. The Morgan fingerprint density at radius 1 is 1.06 bits per heavy atom. The van der Waals surface area contributed by atoms with Crippen LogP contribution in [-0.4, -0.2) is 33.5 Å². The summed E-state index contributed by atoms with van der Waals surface area (Å²) in [6.07, 6.45) is 3.18. The summed E-state index contributed by atoms with van der Waals surface area (Å²) >= 11 is 9.77. The van der Waals surface area contributed by atoms with E-state index in [0.717, 1.165) is 32.3 Å². The molecule has 0 aliphatic carbocycles. The molecule has 1 amide bonds. The first-order chi connectivity index (χ1) is 17.6. The van der Waals surface area contributed by atoms with E-state index in [0.29, 0.717) is 16.5 Å². The maximum atomic E-state index is 12.4. The van der Waals surface area contributed by atoms with Gasteiger partial charge in [0.1, 0.15) is 10.9 Å². The summed E-state index contributed by atoms with van der Waals surface area (Å²) in [4.78, 5) is 16.8. The van der Waals surface area contributed by atoms with E-state index in [-0.39, 0.29) is 6.61 Å². The summed E-state index contributed by atoms with van der Waals surface area (Å²) < 4.78 is 8.56. The average Bonchev–Trinajstić information content (AvgIpc) is 3.39. The van der Waals surface area contributed by atoms with Gasteiger partial charge in [-0.3, -0.25) is 4.79 Å². The van der Waals surface area contributed by atoms with Crippen LogP contribution in [0.3, 0.4) is 0 Å². The normalized spacial score (nSPS) is 11.2. The zero-order chi connectivity index (χ0) is 24.9. The maximum absolute atomic E-state index is 12.4. The van der Waals surface area contributed by atoms with Crippen molar-refractivity contribution in [2.24, 2.45) is 5.10 Å². The van der Waals surface area contributed by atoms with Gasteiger partial charge in [-0.1, -0.05) is 63.9 Å². The van der Waals surface area contributed by atoms with Crippen LogP contribution in [0, 0.1) is 0 Å². The van der Waals surface area contributed by atoms with Gasteiger partial charge in [0.15, 0.2) is 6.61 Å². The van der Waals surface area contributed by atoms with Crippen molar-refractivity contribution in [3.8, 4) is 22.7 Å². The van der Waals surface area contributed by atoms with Crippen LogP contribution in [0.5, 0.6) is 5.75 Å². The molecule has 0 aliphatic rings. The number of benzene rings is 3. The van der Waals surface area contributed by atoms with E-state index in [1.54, 1.807) is 12.3 Å². The molecule has 0 saturated carbocycles. The lowest BCUT2D eigenvalue weighted by atomic mass is 10.1. The molecule has 0 spiro atoms. The predicted octanol–water partition coefficient (Wildman–Crippen LogP) is 6.03. The molecule has 5 aromatic rings. The third kappa shape index (κ3) is 5.30. The quantitative estimate of drug-likeness (QED) is 0.150. The van der Waals surface area contributed by atoms with Gasteiger partial charge in [0, 0.05) is 21.0 Å². The number of para-hydroxylation sites is 2. The fourth-order valence-electron chi connectivity index (χ4n) is 3.66. The fraction of sp³-hybridized carbons (Fsp3) is 0.0370. The Morgan fingerprint density at radius 2 is 1.86 bits per heavy atom. The van der Waals surface area contributed by atoms with E-state index >= 15 is 0 Å². The van der Waals surface area contributed by atoms with E-state index < -0.39 is 5.91 Å². The van der Waals surface area contributed by atoms with Gasteiger partial charge in [-0.15, -0.1) is 0 Å². The molecular weight excluding hydrogens is 542 g/mol. The molecule has 178 valence electrons. The van der Waals surface area contributed by atoms with Crippen LogP contribution in [0.25, 0.3) is 27.8 Å². The highest BCUT2D eigenvalue weighted by atomic mass is 79.9. The zero-order valence-electron chi connectivity index (χ0n) is 18.8. The van der Waals surface area contributed by atoms with Crippen LogP contribution in [0.4, 0.5) is 0 Å². The second-order valence-electron chi connectivity index (χ2n) is 7.75. The number of nitrogens with one attached hydrogen (secondary N) is 1. The van der Waals surface area contributed by atoms with E-state index in [1.165, 1.54) is 6.21 Å². The Morgan fingerprint density at radius 3 is 2.72 bits per heavy atom. The zero-order valence-corrected chi connectivity index (χ0v) is 21.1. The summed E-state index contributed by atoms with van der Waals surface area (Å²) in [6, 6.07) is 26.8. The molecule has 0 saturated heterocycles. The molecule has 0 unspecified atom stereocenters. The number of amides is 1. The minimum Gasteiger partial charge on any atom is -0.483 e. The highest BCUT2D eigenvalue weighted by molar-refractivity contribution is 9.10. The monoisotopic (exact) mass is 559 g/mol. The van der Waals surface area contributed by atoms with Gasteiger partial charge < -0.3 is 4.74 Å². The summed E-state index contributed by atoms with van der Waals surface area (Å²) in [7, 11) is 0. The summed E-state index contributed by atoms with van der Waals surface area (Å²) in [5.41, 5.74) is 6.39.